The van der Waals surface area contributed by atoms with Gasteiger partial charge in [0, 0.05) is 41.6 Å². The van der Waals surface area contributed by atoms with Crippen molar-refractivity contribution < 1.29 is 14.3 Å². The van der Waals surface area contributed by atoms with Gasteiger partial charge in [0.15, 0.2) is 5.13 Å². The Morgan fingerprint density at radius 3 is 2.44 bits per heavy atom. The summed E-state index contributed by atoms with van der Waals surface area (Å²) in [5, 5.41) is 11.0. The summed E-state index contributed by atoms with van der Waals surface area (Å²) in [4.78, 5) is 32.3. The number of carbonyl (C=O) groups is 2. The molecule has 0 saturated carbocycles. The molecule has 1 aliphatic heterocycles. The maximum Gasteiger partial charge on any atom is 0.319 e. The number of amides is 3. The Morgan fingerprint density at radius 2 is 1.69 bits per heavy atom. The molecule has 0 unspecified atom stereocenters. The summed E-state index contributed by atoms with van der Waals surface area (Å²) < 4.78 is 8.40. The molecule has 1 fully saturated rings. The Hall–Kier alpha value is -4.67. The fraction of sp³-hybridized carbons (Fsp3) is 0.342. The predicted octanol–water partition coefficient (Wildman–Crippen LogP) is 9.05. The zero-order valence-corrected chi connectivity index (χ0v) is 28.8. The summed E-state index contributed by atoms with van der Waals surface area (Å²) in [6, 6.07) is 19.8. The maximum absolute atomic E-state index is 13.2. The molecular weight excluding hydrogens is 621 g/mol. The minimum absolute atomic E-state index is 0.216. The highest BCUT2D eigenvalue weighted by molar-refractivity contribution is 7.17. The third kappa shape index (κ3) is 8.06. The Kier molecular flexibility index (Phi) is 10.7. The largest absolute Gasteiger partial charge is 0.444 e. The summed E-state index contributed by atoms with van der Waals surface area (Å²) >= 11 is 1.26. The van der Waals surface area contributed by atoms with Gasteiger partial charge in [-0.1, -0.05) is 55.7 Å². The SMILES string of the molecule is CCCCCNC(=O)Nc1cc(C)c(Oc2cnc(NC(=O)c3ccc(-n4cc(CN5CCCCC5)c5ccccc54)cc3)s2)c(C)c1. The van der Waals surface area contributed by atoms with Crippen LogP contribution < -0.4 is 20.7 Å². The summed E-state index contributed by atoms with van der Waals surface area (Å²) in [6.07, 6.45) is 10.9. The van der Waals surface area contributed by atoms with Crippen LogP contribution in [0.4, 0.5) is 15.6 Å². The first-order valence-electron chi connectivity index (χ1n) is 16.9. The highest BCUT2D eigenvalue weighted by Crippen LogP contribution is 2.36. The number of carbonyl (C=O) groups excluding carboxylic acids is 2. The second-order valence-corrected chi connectivity index (χ2v) is 13.5. The molecule has 48 heavy (non-hydrogen) atoms. The van der Waals surface area contributed by atoms with E-state index in [1.165, 1.54) is 41.5 Å². The molecule has 3 heterocycles. The third-order valence-corrected chi connectivity index (χ3v) is 9.53. The number of thiazole rings is 1. The van der Waals surface area contributed by atoms with E-state index in [-0.39, 0.29) is 11.9 Å². The van der Waals surface area contributed by atoms with Crippen molar-refractivity contribution in [2.24, 2.45) is 0 Å². The summed E-state index contributed by atoms with van der Waals surface area (Å²) in [5.41, 5.74) is 6.51. The van der Waals surface area contributed by atoms with Gasteiger partial charge in [-0.15, -0.1) is 0 Å². The van der Waals surface area contributed by atoms with Crippen molar-refractivity contribution in [1.82, 2.24) is 19.8 Å². The van der Waals surface area contributed by atoms with Crippen LogP contribution in [-0.2, 0) is 6.54 Å². The van der Waals surface area contributed by atoms with Gasteiger partial charge in [-0.3, -0.25) is 15.0 Å². The van der Waals surface area contributed by atoms with Crippen LogP contribution in [0.2, 0.25) is 0 Å². The molecule has 9 nitrogen and oxygen atoms in total. The van der Waals surface area contributed by atoms with Crippen LogP contribution in [0.1, 0.15) is 72.5 Å². The summed E-state index contributed by atoms with van der Waals surface area (Å²) in [7, 11) is 0. The number of nitrogens with zero attached hydrogens (tertiary/aromatic N) is 3. The maximum atomic E-state index is 13.2. The molecule has 1 aliphatic rings. The molecule has 6 rings (SSSR count). The van der Waals surface area contributed by atoms with Crippen molar-refractivity contribution in [3.8, 4) is 16.5 Å². The van der Waals surface area contributed by atoms with E-state index in [9.17, 15) is 9.59 Å². The Bertz CT molecular complexity index is 1850. The third-order valence-electron chi connectivity index (χ3n) is 8.74. The highest BCUT2D eigenvalue weighted by Gasteiger charge is 2.17. The van der Waals surface area contributed by atoms with Crippen molar-refractivity contribution in [3.05, 3.63) is 95.3 Å². The normalized spacial score (nSPS) is 13.4. The van der Waals surface area contributed by atoms with Crippen molar-refractivity contribution >= 4 is 45.0 Å². The number of aromatic nitrogens is 2. The molecule has 0 atom stereocenters. The lowest BCUT2D eigenvalue weighted by molar-refractivity contribution is 0.102. The fourth-order valence-corrected chi connectivity index (χ4v) is 6.96. The molecule has 3 aromatic carbocycles. The zero-order chi connectivity index (χ0) is 33.5. The highest BCUT2D eigenvalue weighted by atomic mass is 32.1. The van der Waals surface area contributed by atoms with E-state index in [0.29, 0.717) is 33.7 Å². The number of nitrogens with one attached hydrogen (secondary N) is 3. The minimum atomic E-state index is -0.235. The molecule has 0 spiro atoms. The number of anilines is 2. The lowest BCUT2D eigenvalue weighted by atomic mass is 10.1. The second-order valence-electron chi connectivity index (χ2n) is 12.5. The number of fused-ring (bicyclic) bond motifs is 1. The summed E-state index contributed by atoms with van der Waals surface area (Å²) in [5.74, 6) is 0.457. The van der Waals surface area contributed by atoms with Crippen LogP contribution in [0.3, 0.4) is 0 Å². The van der Waals surface area contributed by atoms with E-state index < -0.39 is 0 Å². The zero-order valence-electron chi connectivity index (χ0n) is 28.0. The molecular formula is C38H44N6O3S. The first kappa shape index (κ1) is 33.2. The molecule has 0 radical (unpaired) electrons. The van der Waals surface area contributed by atoms with Crippen LogP contribution in [0, 0.1) is 13.8 Å². The van der Waals surface area contributed by atoms with Gasteiger partial charge in [0.1, 0.15) is 5.75 Å². The lowest BCUT2D eigenvalue weighted by Crippen LogP contribution is -2.29. The first-order valence-corrected chi connectivity index (χ1v) is 17.7. The number of aryl methyl sites for hydroxylation is 2. The van der Waals surface area contributed by atoms with E-state index >= 15 is 0 Å². The second kappa shape index (κ2) is 15.5. The predicted molar refractivity (Wildman–Crippen MR) is 195 cm³/mol. The smallest absolute Gasteiger partial charge is 0.319 e. The molecule has 1 saturated heterocycles. The number of rotatable bonds is 12. The van der Waals surface area contributed by atoms with Gasteiger partial charge < -0.3 is 19.9 Å². The topological polar surface area (TPSA) is 101 Å². The molecule has 250 valence electrons. The number of unbranched alkanes of at least 4 members (excludes halogenated alkanes) is 2. The van der Waals surface area contributed by atoms with E-state index in [1.54, 1.807) is 6.20 Å². The monoisotopic (exact) mass is 664 g/mol. The number of likely N-dealkylation sites (tertiary alicyclic amines) is 1. The van der Waals surface area contributed by atoms with E-state index in [4.69, 9.17) is 4.74 Å². The molecule has 3 amide bonds. The number of ether oxygens (including phenoxy) is 1. The van der Waals surface area contributed by atoms with Gasteiger partial charge in [-0.25, -0.2) is 9.78 Å². The van der Waals surface area contributed by atoms with Crippen molar-refractivity contribution in [2.45, 2.75) is 65.8 Å². The van der Waals surface area contributed by atoms with Crippen LogP contribution in [0.5, 0.6) is 10.8 Å². The number of para-hydroxylation sites is 1. The minimum Gasteiger partial charge on any atom is -0.444 e. The molecule has 3 N–H and O–H groups in total. The molecule has 0 bridgehead atoms. The fourth-order valence-electron chi connectivity index (χ4n) is 6.29. The standard InChI is InChI=1S/C38H44N6O3S/c1-4-5-9-18-39-37(46)41-30-21-26(2)35(27(3)22-30)47-34-23-40-38(48-34)42-36(45)28-14-16-31(17-15-28)44-25-29(24-43-19-10-6-11-20-43)32-12-7-8-13-33(32)44/h7-8,12-17,21-23,25H,4-6,9-11,18-20,24H2,1-3H3,(H2,39,41,46)(H,40,42,45). The number of urea groups is 1. The van der Waals surface area contributed by atoms with Crippen molar-refractivity contribution in [3.63, 3.8) is 0 Å². The number of hydrogen-bond donors (Lipinski definition) is 3. The Balaban J connectivity index is 1.08. The number of hydrogen-bond acceptors (Lipinski definition) is 6. The summed E-state index contributed by atoms with van der Waals surface area (Å²) in [6.45, 7) is 9.92. The van der Waals surface area contributed by atoms with Crippen LogP contribution in [-0.4, -0.2) is 46.0 Å². The Labute approximate surface area is 286 Å². The van der Waals surface area contributed by atoms with Gasteiger partial charge >= 0.3 is 6.03 Å². The quantitative estimate of drug-likeness (QED) is 0.116. The van der Waals surface area contributed by atoms with Crippen LogP contribution >= 0.6 is 11.3 Å². The number of benzene rings is 3. The van der Waals surface area contributed by atoms with Crippen LogP contribution in [0.25, 0.3) is 16.6 Å². The molecule has 10 heteroatoms. The average Bonchev–Trinajstić information content (AvgIpc) is 3.69. The Morgan fingerprint density at radius 1 is 0.938 bits per heavy atom. The lowest BCUT2D eigenvalue weighted by Gasteiger charge is -2.26. The van der Waals surface area contributed by atoms with Crippen molar-refractivity contribution in [2.75, 3.05) is 30.3 Å². The molecule has 5 aromatic rings. The van der Waals surface area contributed by atoms with Gasteiger partial charge in [0.2, 0.25) is 5.06 Å². The first-order chi connectivity index (χ1) is 23.4. The van der Waals surface area contributed by atoms with Crippen molar-refractivity contribution in [1.29, 1.82) is 0 Å². The van der Waals surface area contributed by atoms with Crippen LogP contribution in [0.15, 0.2) is 73.1 Å². The van der Waals surface area contributed by atoms with E-state index in [2.05, 4.69) is 67.8 Å². The molecule has 0 aliphatic carbocycles. The van der Waals surface area contributed by atoms with E-state index in [0.717, 1.165) is 61.2 Å². The van der Waals surface area contributed by atoms with Gasteiger partial charge in [-0.2, -0.15) is 0 Å². The van der Waals surface area contributed by atoms with E-state index in [1.807, 2.05) is 50.2 Å². The molecule has 2 aromatic heterocycles. The van der Waals surface area contributed by atoms with Gasteiger partial charge in [-0.05, 0) is 105 Å². The van der Waals surface area contributed by atoms with Gasteiger partial charge in [0.05, 0.1) is 11.7 Å². The van der Waals surface area contributed by atoms with Gasteiger partial charge in [0.25, 0.3) is 5.91 Å². The number of piperidine rings is 1. The average molecular weight is 665 g/mol.